The number of halogens is 2. The van der Waals surface area contributed by atoms with Crippen molar-refractivity contribution in [3.8, 4) is 0 Å². The Labute approximate surface area is 118 Å². The first kappa shape index (κ1) is 13.8. The molecule has 0 saturated heterocycles. The Kier molecular flexibility index (Phi) is 4.01. The minimum atomic E-state index is -0.540. The van der Waals surface area contributed by atoms with Crippen LogP contribution in [0.5, 0.6) is 0 Å². The molecule has 0 spiro atoms. The van der Waals surface area contributed by atoms with Gasteiger partial charge in [-0.3, -0.25) is 0 Å². The lowest BCUT2D eigenvalue weighted by molar-refractivity contribution is 0.0606. The van der Waals surface area contributed by atoms with Gasteiger partial charge >= 0.3 is 5.97 Å². The summed E-state index contributed by atoms with van der Waals surface area (Å²) in [5.41, 5.74) is 0.613. The predicted octanol–water partition coefficient (Wildman–Crippen LogP) is 3.49. The number of hydrogen-bond donors (Lipinski definition) is 0. The van der Waals surface area contributed by atoms with Crippen molar-refractivity contribution in [3.63, 3.8) is 0 Å². The van der Waals surface area contributed by atoms with Gasteiger partial charge in [0.05, 0.1) is 7.11 Å². The van der Waals surface area contributed by atoms with E-state index in [2.05, 4.69) is 9.72 Å². The first-order valence-electron chi connectivity index (χ1n) is 5.27. The highest BCUT2D eigenvalue weighted by Gasteiger charge is 2.19. The monoisotopic (exact) mass is 300 g/mol. The van der Waals surface area contributed by atoms with Crippen molar-refractivity contribution in [2.45, 2.75) is 0 Å². The number of nitrogens with zero attached hydrogens (tertiary/aromatic N) is 2. The highest BCUT2D eigenvalue weighted by atomic mass is 35.5. The van der Waals surface area contributed by atoms with Crippen LogP contribution < -0.4 is 4.90 Å². The number of carbonyl (C=O) groups is 1. The highest BCUT2D eigenvalue weighted by molar-refractivity contribution is 7.18. The summed E-state index contributed by atoms with van der Waals surface area (Å²) in [4.78, 5) is 17.4. The van der Waals surface area contributed by atoms with E-state index in [9.17, 15) is 9.18 Å². The molecule has 1 aromatic heterocycles. The molecule has 1 heterocycles. The van der Waals surface area contributed by atoms with Gasteiger partial charge in [0, 0.05) is 12.7 Å². The summed E-state index contributed by atoms with van der Waals surface area (Å²) in [5, 5.41) is 0.561. The summed E-state index contributed by atoms with van der Waals surface area (Å²) >= 11 is 6.97. The van der Waals surface area contributed by atoms with E-state index in [1.165, 1.54) is 19.2 Å². The van der Waals surface area contributed by atoms with Crippen LogP contribution in [0, 0.1) is 5.82 Å². The van der Waals surface area contributed by atoms with Crippen molar-refractivity contribution in [1.82, 2.24) is 4.98 Å². The fourth-order valence-corrected chi connectivity index (χ4v) is 2.63. The summed E-state index contributed by atoms with van der Waals surface area (Å²) < 4.78 is 17.8. The third-order valence-corrected chi connectivity index (χ3v) is 3.93. The number of methoxy groups -OCH3 is 1. The van der Waals surface area contributed by atoms with Gasteiger partial charge in [-0.2, -0.15) is 0 Å². The van der Waals surface area contributed by atoms with E-state index in [0.717, 1.165) is 11.3 Å². The van der Waals surface area contributed by atoms with Crippen LogP contribution in [0.4, 0.5) is 15.2 Å². The molecule has 0 unspecified atom stereocenters. The summed E-state index contributed by atoms with van der Waals surface area (Å²) in [6.45, 7) is 0. The maximum Gasteiger partial charge on any atom is 0.351 e. The molecule has 2 rings (SSSR count). The zero-order valence-corrected chi connectivity index (χ0v) is 11.8. The van der Waals surface area contributed by atoms with Gasteiger partial charge in [-0.15, -0.1) is 0 Å². The van der Waals surface area contributed by atoms with Crippen molar-refractivity contribution >= 4 is 39.7 Å². The summed E-state index contributed by atoms with van der Waals surface area (Å²) in [5.74, 6) is -0.887. The number of ether oxygens (including phenoxy) is 1. The first-order chi connectivity index (χ1) is 9.02. The van der Waals surface area contributed by atoms with Gasteiger partial charge in [0.1, 0.15) is 5.82 Å². The van der Waals surface area contributed by atoms with Gasteiger partial charge in [0.15, 0.2) is 15.2 Å². The number of carbonyl (C=O) groups excluding carboxylic acids is 1. The maximum atomic E-state index is 13.2. The van der Waals surface area contributed by atoms with Gasteiger partial charge in [0.25, 0.3) is 0 Å². The number of rotatable bonds is 3. The van der Waals surface area contributed by atoms with Crippen molar-refractivity contribution in [2.75, 3.05) is 19.1 Å². The third-order valence-electron chi connectivity index (χ3n) is 2.43. The lowest BCUT2D eigenvalue weighted by atomic mass is 10.3. The highest BCUT2D eigenvalue weighted by Crippen LogP contribution is 2.33. The average Bonchev–Trinajstić information content (AvgIpc) is 2.79. The Hall–Kier alpha value is -1.66. The zero-order chi connectivity index (χ0) is 14.0. The van der Waals surface area contributed by atoms with Gasteiger partial charge < -0.3 is 9.64 Å². The molecule has 7 heteroatoms. The van der Waals surface area contributed by atoms with Crippen molar-refractivity contribution in [3.05, 3.63) is 40.1 Å². The Morgan fingerprint density at radius 1 is 1.53 bits per heavy atom. The second-order valence-electron chi connectivity index (χ2n) is 3.65. The quantitative estimate of drug-likeness (QED) is 0.814. The molecule has 0 atom stereocenters. The molecule has 1 aromatic carbocycles. The molecular weight excluding hydrogens is 291 g/mol. The Morgan fingerprint density at radius 3 is 2.89 bits per heavy atom. The number of esters is 1. The zero-order valence-electron chi connectivity index (χ0n) is 10.2. The number of benzene rings is 1. The molecule has 19 heavy (non-hydrogen) atoms. The van der Waals surface area contributed by atoms with Crippen molar-refractivity contribution in [1.29, 1.82) is 0 Å². The maximum absolute atomic E-state index is 13.2. The molecule has 0 radical (unpaired) electrons. The third kappa shape index (κ3) is 2.85. The number of aromatic nitrogens is 1. The Morgan fingerprint density at radius 2 is 2.26 bits per heavy atom. The van der Waals surface area contributed by atoms with Crippen LogP contribution in [0.25, 0.3) is 0 Å². The molecule has 0 aliphatic carbocycles. The first-order valence-corrected chi connectivity index (χ1v) is 6.46. The molecule has 0 N–H and O–H groups in total. The van der Waals surface area contributed by atoms with E-state index in [-0.39, 0.29) is 15.8 Å². The Bertz CT molecular complexity index is 618. The molecule has 0 aliphatic heterocycles. The molecule has 4 nitrogen and oxygen atoms in total. The van der Waals surface area contributed by atoms with Gasteiger partial charge in [-0.25, -0.2) is 14.2 Å². The lowest BCUT2D eigenvalue weighted by Gasteiger charge is -2.15. The molecule has 0 fully saturated rings. The van der Waals surface area contributed by atoms with Gasteiger partial charge in [-0.05, 0) is 18.2 Å². The normalized spacial score (nSPS) is 10.3. The van der Waals surface area contributed by atoms with Crippen LogP contribution in [0.2, 0.25) is 5.15 Å². The molecule has 0 amide bonds. The van der Waals surface area contributed by atoms with Crippen molar-refractivity contribution in [2.24, 2.45) is 0 Å². The van der Waals surface area contributed by atoms with E-state index in [1.54, 1.807) is 24.1 Å². The molecule has 0 bridgehead atoms. The van der Waals surface area contributed by atoms with Crippen LogP contribution in [0.1, 0.15) is 9.67 Å². The van der Waals surface area contributed by atoms with E-state index in [0.29, 0.717) is 10.8 Å². The standard InChI is InChI=1S/C12H10ClFN2O2S/c1-16(8-5-3-4-7(14)6-8)12-15-10(13)9(19-12)11(17)18-2/h3-6H,1-2H3. The SMILES string of the molecule is COC(=O)c1sc(N(C)c2cccc(F)c2)nc1Cl. The summed E-state index contributed by atoms with van der Waals surface area (Å²) in [6, 6.07) is 6.05. The Balaban J connectivity index is 2.34. The van der Waals surface area contributed by atoms with E-state index < -0.39 is 5.97 Å². The van der Waals surface area contributed by atoms with Crippen LogP contribution in [-0.4, -0.2) is 25.1 Å². The molecule has 0 saturated carbocycles. The fourth-order valence-electron chi connectivity index (χ4n) is 1.45. The van der Waals surface area contributed by atoms with Crippen LogP contribution in [0.3, 0.4) is 0 Å². The number of anilines is 2. The molecule has 0 aliphatic rings. The second-order valence-corrected chi connectivity index (χ2v) is 4.98. The topological polar surface area (TPSA) is 42.4 Å². The number of thiazole rings is 1. The second kappa shape index (κ2) is 5.54. The minimum Gasteiger partial charge on any atom is -0.465 e. The van der Waals surface area contributed by atoms with Crippen LogP contribution >= 0.6 is 22.9 Å². The summed E-state index contributed by atoms with van der Waals surface area (Å²) in [6.07, 6.45) is 0. The smallest absolute Gasteiger partial charge is 0.351 e. The van der Waals surface area contributed by atoms with Crippen LogP contribution in [-0.2, 0) is 4.74 Å². The lowest BCUT2D eigenvalue weighted by Crippen LogP contribution is -2.08. The largest absolute Gasteiger partial charge is 0.465 e. The van der Waals surface area contributed by atoms with Crippen molar-refractivity contribution < 1.29 is 13.9 Å². The molecular formula is C12H10ClFN2O2S. The average molecular weight is 301 g/mol. The number of hydrogen-bond acceptors (Lipinski definition) is 5. The van der Waals surface area contributed by atoms with Crippen LogP contribution in [0.15, 0.2) is 24.3 Å². The van der Waals surface area contributed by atoms with Gasteiger partial charge in [-0.1, -0.05) is 29.0 Å². The summed E-state index contributed by atoms with van der Waals surface area (Å²) in [7, 11) is 2.99. The van der Waals surface area contributed by atoms with E-state index >= 15 is 0 Å². The molecule has 100 valence electrons. The van der Waals surface area contributed by atoms with E-state index in [4.69, 9.17) is 11.6 Å². The van der Waals surface area contributed by atoms with Gasteiger partial charge in [0.2, 0.25) is 0 Å². The minimum absolute atomic E-state index is 0.0788. The predicted molar refractivity (Wildman–Crippen MR) is 72.9 cm³/mol. The molecule has 2 aromatic rings. The fraction of sp³-hybridized carbons (Fsp3) is 0.167. The van der Waals surface area contributed by atoms with E-state index in [1.807, 2.05) is 0 Å².